The lowest BCUT2D eigenvalue weighted by atomic mass is 9.89. The number of rotatable bonds is 3. The van der Waals surface area contributed by atoms with E-state index in [9.17, 15) is 4.79 Å². The molecule has 1 aromatic carbocycles. The lowest BCUT2D eigenvalue weighted by molar-refractivity contribution is -0.136. The maximum Gasteiger partial charge on any atom is 0.226 e. The molecular weight excluding hydrogens is 236 g/mol. The predicted octanol–water partition coefficient (Wildman–Crippen LogP) is 2.38. The Morgan fingerprint density at radius 1 is 1.21 bits per heavy atom. The first kappa shape index (κ1) is 14.1. The molecule has 2 unspecified atom stereocenters. The molecule has 19 heavy (non-hydrogen) atoms. The van der Waals surface area contributed by atoms with Crippen LogP contribution >= 0.6 is 0 Å². The topological polar surface area (TPSA) is 46.3 Å². The van der Waals surface area contributed by atoms with E-state index in [0.29, 0.717) is 5.92 Å². The fourth-order valence-electron chi connectivity index (χ4n) is 2.67. The van der Waals surface area contributed by atoms with Gasteiger partial charge in [0.05, 0.1) is 5.92 Å². The molecule has 1 aromatic rings. The van der Waals surface area contributed by atoms with Crippen LogP contribution in [0.2, 0.25) is 0 Å². The Balaban J connectivity index is 1.91. The number of nitrogens with zero attached hydrogens (tertiary/aromatic N) is 1. The highest BCUT2D eigenvalue weighted by Crippen LogP contribution is 2.28. The zero-order valence-corrected chi connectivity index (χ0v) is 11.9. The van der Waals surface area contributed by atoms with Crippen LogP contribution < -0.4 is 5.73 Å². The van der Waals surface area contributed by atoms with E-state index in [1.54, 1.807) is 0 Å². The molecule has 0 saturated carbocycles. The number of nitrogens with two attached hydrogens (primary N) is 1. The number of hydrogen-bond donors (Lipinski definition) is 1. The Kier molecular flexibility index (Phi) is 4.59. The van der Waals surface area contributed by atoms with E-state index in [1.165, 1.54) is 5.56 Å². The molecule has 2 atom stereocenters. The lowest BCUT2D eigenvalue weighted by Crippen LogP contribution is -2.45. The smallest absolute Gasteiger partial charge is 0.226 e. The third-order valence-corrected chi connectivity index (χ3v) is 4.26. The van der Waals surface area contributed by atoms with Crippen molar-refractivity contribution in [2.24, 2.45) is 11.7 Å². The molecule has 0 radical (unpaired) electrons. The van der Waals surface area contributed by atoms with Crippen molar-refractivity contribution in [1.82, 2.24) is 4.90 Å². The van der Waals surface area contributed by atoms with Crippen molar-refractivity contribution in [1.29, 1.82) is 0 Å². The van der Waals surface area contributed by atoms with E-state index in [4.69, 9.17) is 5.73 Å². The number of carbonyl (C=O) groups excluding carboxylic acids is 1. The second-order valence-corrected chi connectivity index (χ2v) is 5.66. The molecule has 2 rings (SSSR count). The molecule has 104 valence electrons. The summed E-state index contributed by atoms with van der Waals surface area (Å²) in [6.07, 6.45) is 2.11. The summed E-state index contributed by atoms with van der Waals surface area (Å²) in [6, 6.07) is 10.5. The first-order valence-electron chi connectivity index (χ1n) is 7.19. The van der Waals surface area contributed by atoms with Gasteiger partial charge in [-0.05, 0) is 31.2 Å². The van der Waals surface area contributed by atoms with Crippen LogP contribution in [-0.4, -0.2) is 29.9 Å². The van der Waals surface area contributed by atoms with Crippen molar-refractivity contribution >= 4 is 5.91 Å². The number of likely N-dealkylation sites (tertiary alicyclic amines) is 1. The number of hydrogen-bond acceptors (Lipinski definition) is 2. The van der Waals surface area contributed by atoms with Crippen molar-refractivity contribution in [3.05, 3.63) is 35.9 Å². The maximum atomic E-state index is 12.2. The molecule has 2 N–H and O–H groups in total. The van der Waals surface area contributed by atoms with Crippen LogP contribution in [-0.2, 0) is 4.79 Å². The summed E-state index contributed by atoms with van der Waals surface area (Å²) in [5.41, 5.74) is 7.21. The summed E-state index contributed by atoms with van der Waals surface area (Å²) in [4.78, 5) is 14.2. The summed E-state index contributed by atoms with van der Waals surface area (Å²) in [7, 11) is 0. The van der Waals surface area contributed by atoms with Crippen LogP contribution in [0.3, 0.4) is 0 Å². The van der Waals surface area contributed by atoms with Crippen LogP contribution in [0.1, 0.15) is 38.2 Å². The Morgan fingerprint density at radius 3 is 2.32 bits per heavy atom. The fourth-order valence-corrected chi connectivity index (χ4v) is 2.67. The van der Waals surface area contributed by atoms with Gasteiger partial charge in [0.2, 0.25) is 5.91 Å². The summed E-state index contributed by atoms with van der Waals surface area (Å²) in [5, 5.41) is 0. The van der Waals surface area contributed by atoms with Gasteiger partial charge >= 0.3 is 0 Å². The minimum Gasteiger partial charge on any atom is -0.342 e. The highest BCUT2D eigenvalue weighted by atomic mass is 16.2. The molecule has 0 aliphatic carbocycles. The number of amides is 1. The molecule has 1 amide bonds. The van der Waals surface area contributed by atoms with Gasteiger partial charge in [0.15, 0.2) is 0 Å². The molecule has 3 nitrogen and oxygen atoms in total. The van der Waals surface area contributed by atoms with Gasteiger partial charge in [-0.3, -0.25) is 4.79 Å². The van der Waals surface area contributed by atoms with Gasteiger partial charge in [0.1, 0.15) is 0 Å². The lowest BCUT2D eigenvalue weighted by Gasteiger charge is -2.34. The summed E-state index contributed by atoms with van der Waals surface area (Å²) in [5.74, 6) is 0.727. The van der Waals surface area contributed by atoms with Gasteiger partial charge in [-0.15, -0.1) is 0 Å². The minimum absolute atomic E-state index is 0.0700. The van der Waals surface area contributed by atoms with E-state index in [0.717, 1.165) is 25.9 Å². The first-order valence-corrected chi connectivity index (χ1v) is 7.19. The van der Waals surface area contributed by atoms with E-state index in [2.05, 4.69) is 24.3 Å². The molecule has 1 aliphatic heterocycles. The van der Waals surface area contributed by atoms with Crippen molar-refractivity contribution < 1.29 is 4.79 Å². The highest BCUT2D eigenvalue weighted by Gasteiger charge is 2.27. The zero-order valence-electron chi connectivity index (χ0n) is 11.9. The molecule has 0 aromatic heterocycles. The van der Waals surface area contributed by atoms with Crippen LogP contribution in [0.4, 0.5) is 0 Å². The average Bonchev–Trinajstić information content (AvgIpc) is 2.46. The van der Waals surface area contributed by atoms with Gasteiger partial charge in [-0.1, -0.05) is 37.3 Å². The monoisotopic (exact) mass is 260 g/mol. The summed E-state index contributed by atoms with van der Waals surface area (Å²) in [6.45, 7) is 5.54. The van der Waals surface area contributed by atoms with Crippen LogP contribution in [0, 0.1) is 5.92 Å². The number of piperidine rings is 1. The van der Waals surface area contributed by atoms with Crippen molar-refractivity contribution in [2.45, 2.75) is 38.6 Å². The van der Waals surface area contributed by atoms with E-state index >= 15 is 0 Å². The zero-order chi connectivity index (χ0) is 13.8. The molecule has 1 heterocycles. The average molecular weight is 260 g/mol. The number of carbonyl (C=O) groups is 1. The van der Waals surface area contributed by atoms with Gasteiger partial charge < -0.3 is 10.6 Å². The highest BCUT2D eigenvalue weighted by molar-refractivity contribution is 5.79. The Bertz CT molecular complexity index is 408. The molecule has 3 heteroatoms. The minimum atomic E-state index is -0.0757. The second kappa shape index (κ2) is 6.20. The Hall–Kier alpha value is -1.35. The van der Waals surface area contributed by atoms with Gasteiger partial charge in [-0.2, -0.15) is 0 Å². The molecule has 1 fully saturated rings. The standard InChI is InChI=1S/C16H24N2O/c1-12(13(2)17)16(19)18-10-8-15(9-11-18)14-6-4-3-5-7-14/h3-7,12-13,15H,8-11,17H2,1-2H3. The van der Waals surface area contributed by atoms with Crippen LogP contribution in [0.15, 0.2) is 30.3 Å². The molecule has 0 spiro atoms. The predicted molar refractivity (Wildman–Crippen MR) is 77.8 cm³/mol. The van der Waals surface area contributed by atoms with Gasteiger partial charge in [-0.25, -0.2) is 0 Å². The third kappa shape index (κ3) is 3.35. The second-order valence-electron chi connectivity index (χ2n) is 5.66. The number of benzene rings is 1. The molecular formula is C16H24N2O. The van der Waals surface area contributed by atoms with E-state index in [1.807, 2.05) is 24.8 Å². The van der Waals surface area contributed by atoms with Gasteiger partial charge in [0, 0.05) is 19.1 Å². The van der Waals surface area contributed by atoms with Crippen LogP contribution in [0.25, 0.3) is 0 Å². The quantitative estimate of drug-likeness (QED) is 0.907. The Morgan fingerprint density at radius 2 is 1.79 bits per heavy atom. The molecule has 0 bridgehead atoms. The van der Waals surface area contributed by atoms with E-state index in [-0.39, 0.29) is 17.9 Å². The van der Waals surface area contributed by atoms with Crippen LogP contribution in [0.5, 0.6) is 0 Å². The van der Waals surface area contributed by atoms with Crippen molar-refractivity contribution in [3.63, 3.8) is 0 Å². The summed E-state index contributed by atoms with van der Waals surface area (Å²) < 4.78 is 0. The van der Waals surface area contributed by atoms with Crippen molar-refractivity contribution in [2.75, 3.05) is 13.1 Å². The molecule has 1 aliphatic rings. The maximum absolute atomic E-state index is 12.2. The molecule has 1 saturated heterocycles. The van der Waals surface area contributed by atoms with Gasteiger partial charge in [0.25, 0.3) is 0 Å². The third-order valence-electron chi connectivity index (χ3n) is 4.26. The largest absolute Gasteiger partial charge is 0.342 e. The fraction of sp³-hybridized carbons (Fsp3) is 0.562. The van der Waals surface area contributed by atoms with E-state index < -0.39 is 0 Å². The normalized spacial score (nSPS) is 20.1. The van der Waals surface area contributed by atoms with Crippen molar-refractivity contribution in [3.8, 4) is 0 Å². The SMILES string of the molecule is CC(N)C(C)C(=O)N1CCC(c2ccccc2)CC1. The summed E-state index contributed by atoms with van der Waals surface area (Å²) >= 11 is 0. The Labute approximate surface area is 115 Å². The first-order chi connectivity index (χ1) is 9.09.